The summed E-state index contributed by atoms with van der Waals surface area (Å²) in [6.45, 7) is 7.12. The molecule has 4 nitrogen and oxygen atoms in total. The molecule has 0 bridgehead atoms. The minimum atomic E-state index is -4.38. The summed E-state index contributed by atoms with van der Waals surface area (Å²) in [5.74, 6) is -0.873. The number of alkyl halides is 3. The van der Waals surface area contributed by atoms with Crippen LogP contribution in [-0.2, 0) is 15.8 Å². The van der Waals surface area contributed by atoms with Crippen LogP contribution < -0.4 is 10.6 Å². The van der Waals surface area contributed by atoms with Gasteiger partial charge in [0.05, 0.1) is 12.1 Å². The fourth-order valence-electron chi connectivity index (χ4n) is 2.11. The normalized spacial score (nSPS) is 13.3. The lowest BCUT2D eigenvalue weighted by Gasteiger charge is -2.20. The highest BCUT2D eigenvalue weighted by molar-refractivity contribution is 5.85. The zero-order valence-corrected chi connectivity index (χ0v) is 14.3. The summed E-state index contributed by atoms with van der Waals surface area (Å²) in [4.78, 5) is 23.5. The van der Waals surface area contributed by atoms with E-state index in [0.717, 1.165) is 12.1 Å². The number of hydrogen-bond donors (Lipinski definition) is 2. The molecule has 1 atom stereocenters. The van der Waals surface area contributed by atoms with Crippen LogP contribution in [0.2, 0.25) is 0 Å². The summed E-state index contributed by atoms with van der Waals surface area (Å²) in [5, 5.41) is 5.23. The third kappa shape index (κ3) is 7.02. The zero-order valence-electron chi connectivity index (χ0n) is 14.3. The second-order valence-electron chi connectivity index (χ2n) is 6.80. The van der Waals surface area contributed by atoms with Gasteiger partial charge in [0.2, 0.25) is 11.8 Å². The molecule has 134 valence electrons. The topological polar surface area (TPSA) is 58.2 Å². The van der Waals surface area contributed by atoms with E-state index >= 15 is 0 Å². The first kappa shape index (κ1) is 20.0. The Morgan fingerprint density at radius 2 is 1.58 bits per heavy atom. The van der Waals surface area contributed by atoms with E-state index in [1.54, 1.807) is 6.92 Å². The van der Waals surface area contributed by atoms with Gasteiger partial charge in [-0.25, -0.2) is 0 Å². The maximum atomic E-state index is 12.5. The second-order valence-corrected chi connectivity index (χ2v) is 6.80. The summed E-state index contributed by atoms with van der Waals surface area (Å²) in [6, 6.07) is 4.74. The molecule has 2 N–H and O–H groups in total. The van der Waals surface area contributed by atoms with E-state index in [0.29, 0.717) is 5.56 Å². The number of carbonyl (C=O) groups excluding carboxylic acids is 2. The molecule has 0 saturated carbocycles. The van der Waals surface area contributed by atoms with E-state index in [1.807, 2.05) is 20.8 Å². The SMILES string of the molecule is C[C@H](CC(=O)NCC(=O)NC(C)(C)C)c1ccc(C(F)(F)F)cc1. The highest BCUT2D eigenvalue weighted by Gasteiger charge is 2.30. The predicted molar refractivity (Wildman–Crippen MR) is 85.4 cm³/mol. The molecule has 0 heterocycles. The highest BCUT2D eigenvalue weighted by atomic mass is 19.4. The number of amides is 2. The van der Waals surface area contributed by atoms with E-state index in [2.05, 4.69) is 10.6 Å². The Kier molecular flexibility index (Phi) is 6.40. The van der Waals surface area contributed by atoms with Crippen molar-refractivity contribution in [2.75, 3.05) is 6.54 Å². The summed E-state index contributed by atoms with van der Waals surface area (Å²) >= 11 is 0. The Labute approximate surface area is 139 Å². The second kappa shape index (κ2) is 7.68. The molecular formula is C17H23F3N2O2. The number of nitrogens with one attached hydrogen (secondary N) is 2. The van der Waals surface area contributed by atoms with Crippen molar-refractivity contribution < 1.29 is 22.8 Å². The molecule has 0 aliphatic rings. The summed E-state index contributed by atoms with van der Waals surface area (Å²) in [6.07, 6.45) is -4.28. The molecule has 0 aromatic heterocycles. The summed E-state index contributed by atoms with van der Waals surface area (Å²) in [7, 11) is 0. The monoisotopic (exact) mass is 344 g/mol. The van der Waals surface area contributed by atoms with Crippen molar-refractivity contribution in [1.82, 2.24) is 10.6 Å². The van der Waals surface area contributed by atoms with Gasteiger partial charge in [0.1, 0.15) is 0 Å². The molecule has 0 unspecified atom stereocenters. The van der Waals surface area contributed by atoms with Crippen LogP contribution in [0.15, 0.2) is 24.3 Å². The maximum Gasteiger partial charge on any atom is 0.416 e. The third-order valence-electron chi connectivity index (χ3n) is 3.26. The lowest BCUT2D eigenvalue weighted by atomic mass is 9.96. The van der Waals surface area contributed by atoms with Crippen LogP contribution in [0.1, 0.15) is 51.2 Å². The number of rotatable bonds is 5. The van der Waals surface area contributed by atoms with Crippen molar-refractivity contribution in [3.63, 3.8) is 0 Å². The van der Waals surface area contributed by atoms with Crippen molar-refractivity contribution in [2.24, 2.45) is 0 Å². The molecule has 2 amide bonds. The standard InChI is InChI=1S/C17H23F3N2O2/c1-11(12-5-7-13(8-6-12)17(18,19)20)9-14(23)21-10-15(24)22-16(2,3)4/h5-8,11H,9-10H2,1-4H3,(H,21,23)(H,22,24)/t11-/m1/s1. The molecule has 0 saturated heterocycles. The van der Waals surface area contributed by atoms with Gasteiger partial charge < -0.3 is 10.6 Å². The first-order valence-corrected chi connectivity index (χ1v) is 7.63. The smallest absolute Gasteiger partial charge is 0.350 e. The van der Waals surface area contributed by atoms with Crippen LogP contribution in [0.3, 0.4) is 0 Å². The van der Waals surface area contributed by atoms with Gasteiger partial charge in [0, 0.05) is 12.0 Å². The number of benzene rings is 1. The maximum absolute atomic E-state index is 12.5. The average molecular weight is 344 g/mol. The van der Waals surface area contributed by atoms with E-state index < -0.39 is 11.7 Å². The molecule has 0 radical (unpaired) electrons. The van der Waals surface area contributed by atoms with Crippen LogP contribution in [0.4, 0.5) is 13.2 Å². The van der Waals surface area contributed by atoms with Gasteiger partial charge in [-0.3, -0.25) is 9.59 Å². The minimum Gasteiger partial charge on any atom is -0.350 e. The molecule has 1 aromatic rings. The molecule has 0 fully saturated rings. The number of halogens is 3. The molecule has 7 heteroatoms. The van der Waals surface area contributed by atoms with E-state index in [-0.39, 0.29) is 36.2 Å². The van der Waals surface area contributed by atoms with Gasteiger partial charge in [0.15, 0.2) is 0 Å². The molecule has 24 heavy (non-hydrogen) atoms. The van der Waals surface area contributed by atoms with Gasteiger partial charge in [-0.15, -0.1) is 0 Å². The molecule has 1 aromatic carbocycles. The lowest BCUT2D eigenvalue weighted by Crippen LogP contribution is -2.45. The quantitative estimate of drug-likeness (QED) is 0.862. The van der Waals surface area contributed by atoms with Crippen molar-refractivity contribution in [2.45, 2.75) is 51.7 Å². The van der Waals surface area contributed by atoms with Crippen molar-refractivity contribution in [3.8, 4) is 0 Å². The third-order valence-corrected chi connectivity index (χ3v) is 3.26. The number of hydrogen-bond acceptors (Lipinski definition) is 2. The van der Waals surface area contributed by atoms with Gasteiger partial charge in [-0.1, -0.05) is 19.1 Å². The summed E-state index contributed by atoms with van der Waals surface area (Å²) < 4.78 is 37.6. The van der Waals surface area contributed by atoms with Gasteiger partial charge in [0.25, 0.3) is 0 Å². The fraction of sp³-hybridized carbons (Fsp3) is 0.529. The highest BCUT2D eigenvalue weighted by Crippen LogP contribution is 2.30. The predicted octanol–water partition coefficient (Wildman–Crippen LogP) is 3.23. The lowest BCUT2D eigenvalue weighted by molar-refractivity contribution is -0.137. The van der Waals surface area contributed by atoms with E-state index in [4.69, 9.17) is 0 Å². The molecular weight excluding hydrogens is 321 g/mol. The van der Waals surface area contributed by atoms with Gasteiger partial charge in [-0.05, 0) is 44.4 Å². The van der Waals surface area contributed by atoms with Crippen LogP contribution in [0.25, 0.3) is 0 Å². The Bertz CT molecular complexity index is 575. The van der Waals surface area contributed by atoms with Gasteiger partial charge in [-0.2, -0.15) is 13.2 Å². The van der Waals surface area contributed by atoms with Crippen molar-refractivity contribution in [1.29, 1.82) is 0 Å². The average Bonchev–Trinajstić information content (AvgIpc) is 2.42. The molecule has 0 aliphatic carbocycles. The first-order valence-electron chi connectivity index (χ1n) is 7.63. The Morgan fingerprint density at radius 1 is 1.04 bits per heavy atom. The zero-order chi connectivity index (χ0) is 18.5. The fourth-order valence-corrected chi connectivity index (χ4v) is 2.11. The van der Waals surface area contributed by atoms with Crippen LogP contribution in [0.5, 0.6) is 0 Å². The minimum absolute atomic E-state index is 0.0914. The van der Waals surface area contributed by atoms with Crippen LogP contribution >= 0.6 is 0 Å². The molecule has 1 rings (SSSR count). The largest absolute Gasteiger partial charge is 0.416 e. The van der Waals surface area contributed by atoms with E-state index in [1.165, 1.54) is 12.1 Å². The summed E-state index contributed by atoms with van der Waals surface area (Å²) in [5.41, 5.74) is -0.464. The molecule has 0 spiro atoms. The molecule has 0 aliphatic heterocycles. The Morgan fingerprint density at radius 3 is 2.04 bits per heavy atom. The first-order chi connectivity index (χ1) is 10.9. The van der Waals surface area contributed by atoms with Crippen molar-refractivity contribution in [3.05, 3.63) is 35.4 Å². The number of carbonyl (C=O) groups is 2. The van der Waals surface area contributed by atoms with Crippen LogP contribution in [0, 0.1) is 0 Å². The Hall–Kier alpha value is -2.05. The van der Waals surface area contributed by atoms with E-state index in [9.17, 15) is 22.8 Å². The van der Waals surface area contributed by atoms with Crippen molar-refractivity contribution >= 4 is 11.8 Å². The van der Waals surface area contributed by atoms with Gasteiger partial charge >= 0.3 is 6.18 Å². The Balaban J connectivity index is 2.51. The van der Waals surface area contributed by atoms with Crippen LogP contribution in [-0.4, -0.2) is 23.9 Å².